The summed E-state index contributed by atoms with van der Waals surface area (Å²) >= 11 is 0. The van der Waals surface area contributed by atoms with Crippen molar-refractivity contribution in [2.45, 2.75) is 13.5 Å². The van der Waals surface area contributed by atoms with Crippen LogP contribution in [0.3, 0.4) is 0 Å². The molecule has 0 unspecified atom stereocenters. The summed E-state index contributed by atoms with van der Waals surface area (Å²) in [5.41, 5.74) is 10.9. The van der Waals surface area contributed by atoms with E-state index in [2.05, 4.69) is 16.1 Å². The summed E-state index contributed by atoms with van der Waals surface area (Å²) in [5.74, 6) is 0. The predicted molar refractivity (Wildman–Crippen MR) is 67.6 cm³/mol. The molecular formula is C13H14N4. The first-order valence-corrected chi connectivity index (χ1v) is 5.60. The van der Waals surface area contributed by atoms with Gasteiger partial charge in [-0.05, 0) is 18.6 Å². The smallest absolute Gasteiger partial charge is 0.153 e. The number of aryl methyl sites for hydroxylation is 1. The van der Waals surface area contributed by atoms with Crippen LogP contribution in [-0.2, 0) is 6.54 Å². The molecule has 0 atom stereocenters. The Bertz CT molecular complexity index is 631. The minimum absolute atomic E-state index is 0.554. The van der Waals surface area contributed by atoms with Crippen LogP contribution in [0.5, 0.6) is 0 Å². The number of nitrogens with zero attached hydrogens (tertiary/aromatic N) is 2. The Kier molecular flexibility index (Phi) is 2.23. The first-order valence-electron chi connectivity index (χ1n) is 5.60. The second-order valence-electron chi connectivity index (χ2n) is 4.20. The molecule has 0 bridgehead atoms. The highest BCUT2D eigenvalue weighted by molar-refractivity contribution is 5.63. The molecule has 0 saturated carbocycles. The van der Waals surface area contributed by atoms with E-state index in [-0.39, 0.29) is 0 Å². The molecule has 0 amide bonds. The van der Waals surface area contributed by atoms with Gasteiger partial charge in [0.2, 0.25) is 0 Å². The summed E-state index contributed by atoms with van der Waals surface area (Å²) in [6.45, 7) is 2.57. The predicted octanol–water partition coefficient (Wildman–Crippen LogP) is 2.10. The molecule has 1 aromatic carbocycles. The van der Waals surface area contributed by atoms with Gasteiger partial charge in [0.15, 0.2) is 5.65 Å². The molecular weight excluding hydrogens is 212 g/mol. The van der Waals surface area contributed by atoms with Crippen molar-refractivity contribution < 1.29 is 0 Å². The maximum Gasteiger partial charge on any atom is 0.153 e. The van der Waals surface area contributed by atoms with E-state index >= 15 is 0 Å². The van der Waals surface area contributed by atoms with Gasteiger partial charge in [0.25, 0.3) is 0 Å². The van der Waals surface area contributed by atoms with E-state index in [1.165, 1.54) is 0 Å². The molecule has 4 nitrogen and oxygen atoms in total. The first-order chi connectivity index (χ1) is 8.26. The van der Waals surface area contributed by atoms with E-state index < -0.39 is 0 Å². The van der Waals surface area contributed by atoms with E-state index in [1.54, 1.807) is 0 Å². The third-order valence-electron chi connectivity index (χ3n) is 2.83. The maximum atomic E-state index is 5.64. The number of imidazole rings is 1. The lowest BCUT2D eigenvalue weighted by Crippen LogP contribution is -1.95. The Hall–Kier alpha value is -2.07. The van der Waals surface area contributed by atoms with Gasteiger partial charge < -0.3 is 5.73 Å². The molecule has 0 spiro atoms. The van der Waals surface area contributed by atoms with E-state index in [4.69, 9.17) is 5.73 Å². The van der Waals surface area contributed by atoms with Gasteiger partial charge in [-0.15, -0.1) is 0 Å². The summed E-state index contributed by atoms with van der Waals surface area (Å²) in [6, 6.07) is 10.2. The molecule has 0 radical (unpaired) electrons. The summed E-state index contributed by atoms with van der Waals surface area (Å²) in [4.78, 5) is 4.57. The van der Waals surface area contributed by atoms with Gasteiger partial charge in [-0.3, -0.25) is 5.10 Å². The second-order valence-corrected chi connectivity index (χ2v) is 4.20. The van der Waals surface area contributed by atoms with Gasteiger partial charge in [-0.2, -0.15) is 0 Å². The number of hydrogen-bond acceptors (Lipinski definition) is 2. The van der Waals surface area contributed by atoms with Crippen molar-refractivity contribution in [2.75, 3.05) is 0 Å². The van der Waals surface area contributed by atoms with Crippen LogP contribution < -0.4 is 5.73 Å². The minimum Gasteiger partial charge on any atom is -0.326 e. The molecule has 2 heterocycles. The number of benzene rings is 1. The van der Waals surface area contributed by atoms with Crippen molar-refractivity contribution in [3.8, 4) is 11.3 Å². The van der Waals surface area contributed by atoms with Gasteiger partial charge in [0.05, 0.1) is 11.9 Å². The maximum absolute atomic E-state index is 5.64. The molecule has 0 fully saturated rings. The number of nitrogens with two attached hydrogens (primary N) is 1. The van der Waals surface area contributed by atoms with Crippen LogP contribution in [0.15, 0.2) is 36.5 Å². The fourth-order valence-corrected chi connectivity index (χ4v) is 2.00. The second kappa shape index (κ2) is 3.75. The monoisotopic (exact) mass is 226 g/mol. The Morgan fingerprint density at radius 2 is 2.24 bits per heavy atom. The van der Waals surface area contributed by atoms with Crippen LogP contribution in [0.25, 0.3) is 16.9 Å². The quantitative estimate of drug-likeness (QED) is 0.703. The Morgan fingerprint density at radius 1 is 1.35 bits per heavy atom. The Morgan fingerprint density at radius 3 is 3.00 bits per heavy atom. The lowest BCUT2D eigenvalue weighted by molar-refractivity contribution is 0.945. The summed E-state index contributed by atoms with van der Waals surface area (Å²) in [7, 11) is 0. The van der Waals surface area contributed by atoms with Crippen molar-refractivity contribution in [2.24, 2.45) is 5.73 Å². The van der Waals surface area contributed by atoms with Gasteiger partial charge in [-0.1, -0.05) is 18.2 Å². The number of H-pyrrole nitrogens is 1. The molecule has 3 N–H and O–H groups in total. The van der Waals surface area contributed by atoms with Crippen molar-refractivity contribution in [3.63, 3.8) is 0 Å². The number of aromatic amines is 1. The minimum atomic E-state index is 0.554. The summed E-state index contributed by atoms with van der Waals surface area (Å²) in [5, 5.41) is 3.21. The standard InChI is InChI=1S/C13H14N4/c1-9-5-13-15-12(8-17(13)16-9)11-4-2-3-10(6-11)7-14/h2-6,8,16H,7,14H2,1H3. The van der Waals surface area contributed by atoms with Crippen LogP contribution >= 0.6 is 0 Å². The van der Waals surface area contributed by atoms with Crippen molar-refractivity contribution in [1.29, 1.82) is 0 Å². The van der Waals surface area contributed by atoms with Crippen molar-refractivity contribution >= 4 is 5.65 Å². The van der Waals surface area contributed by atoms with E-state index in [9.17, 15) is 0 Å². The molecule has 3 aromatic rings. The molecule has 17 heavy (non-hydrogen) atoms. The highest BCUT2D eigenvalue weighted by Crippen LogP contribution is 2.20. The molecule has 0 aliphatic rings. The van der Waals surface area contributed by atoms with Crippen LogP contribution in [0.2, 0.25) is 0 Å². The third kappa shape index (κ3) is 1.72. The largest absolute Gasteiger partial charge is 0.326 e. The number of rotatable bonds is 2. The van der Waals surface area contributed by atoms with Gasteiger partial charge in [-0.25, -0.2) is 9.50 Å². The molecule has 4 heteroatoms. The third-order valence-corrected chi connectivity index (χ3v) is 2.83. The molecule has 2 aromatic heterocycles. The zero-order valence-corrected chi connectivity index (χ0v) is 9.64. The van der Waals surface area contributed by atoms with Gasteiger partial charge in [0.1, 0.15) is 0 Å². The Balaban J connectivity index is 2.09. The number of aromatic nitrogens is 3. The highest BCUT2D eigenvalue weighted by atomic mass is 15.3. The van der Waals surface area contributed by atoms with Gasteiger partial charge >= 0.3 is 0 Å². The van der Waals surface area contributed by atoms with E-state index in [0.717, 1.165) is 28.2 Å². The summed E-state index contributed by atoms with van der Waals surface area (Å²) < 4.78 is 1.93. The zero-order valence-electron chi connectivity index (χ0n) is 9.64. The average Bonchev–Trinajstić information content (AvgIpc) is 2.86. The van der Waals surface area contributed by atoms with Crippen LogP contribution in [-0.4, -0.2) is 14.6 Å². The summed E-state index contributed by atoms with van der Waals surface area (Å²) in [6.07, 6.45) is 2.00. The number of hydrogen-bond donors (Lipinski definition) is 2. The fourth-order valence-electron chi connectivity index (χ4n) is 2.00. The SMILES string of the molecule is Cc1cc2nc(-c3cccc(CN)c3)cn2[nH]1. The Labute approximate surface area is 99.1 Å². The molecule has 3 rings (SSSR count). The molecule has 86 valence electrons. The molecule has 0 aliphatic heterocycles. The topological polar surface area (TPSA) is 59.1 Å². The van der Waals surface area contributed by atoms with Crippen LogP contribution in [0.4, 0.5) is 0 Å². The van der Waals surface area contributed by atoms with Crippen LogP contribution in [0.1, 0.15) is 11.3 Å². The molecule has 0 saturated heterocycles. The first kappa shape index (κ1) is 10.1. The van der Waals surface area contributed by atoms with E-state index in [0.29, 0.717) is 6.54 Å². The molecule has 0 aliphatic carbocycles. The average molecular weight is 226 g/mol. The normalized spacial score (nSPS) is 11.2. The van der Waals surface area contributed by atoms with Crippen molar-refractivity contribution in [3.05, 3.63) is 47.8 Å². The number of fused-ring (bicyclic) bond motifs is 1. The lowest BCUT2D eigenvalue weighted by Gasteiger charge is -1.99. The van der Waals surface area contributed by atoms with Gasteiger partial charge in [0, 0.05) is 23.9 Å². The highest BCUT2D eigenvalue weighted by Gasteiger charge is 2.06. The van der Waals surface area contributed by atoms with Crippen LogP contribution in [0, 0.1) is 6.92 Å². The lowest BCUT2D eigenvalue weighted by atomic mass is 10.1. The fraction of sp³-hybridized carbons (Fsp3) is 0.154. The van der Waals surface area contributed by atoms with E-state index in [1.807, 2.05) is 41.9 Å². The number of nitrogens with one attached hydrogen (secondary N) is 1. The van der Waals surface area contributed by atoms with Crippen molar-refractivity contribution in [1.82, 2.24) is 14.6 Å². The zero-order chi connectivity index (χ0) is 11.8.